The molecule has 1 aliphatic rings. The minimum absolute atomic E-state index is 0.0319. The molecule has 1 saturated heterocycles. The molecule has 0 aliphatic carbocycles. The molecule has 188 valence electrons. The molecule has 1 aliphatic heterocycles. The zero-order chi connectivity index (χ0) is 24.8. The SMILES string of the molecule is COc1ccc2nccc([C@@H](F)CC[C@@H]3CCN(CCSc4cncn4C)C[C@@H]3CC(=O)O)c2c1. The number of aromatic nitrogens is 3. The van der Waals surface area contributed by atoms with Crippen LogP contribution in [0.3, 0.4) is 0 Å². The van der Waals surface area contributed by atoms with Crippen molar-refractivity contribution >= 4 is 28.6 Å². The number of rotatable bonds is 11. The number of hydrogen-bond donors (Lipinski definition) is 1. The van der Waals surface area contributed by atoms with Crippen LogP contribution in [-0.2, 0) is 11.8 Å². The molecular weight excluding hydrogens is 467 g/mol. The quantitative estimate of drug-likeness (QED) is 0.372. The number of carbonyl (C=O) groups is 1. The fraction of sp³-hybridized carbons (Fsp3) is 0.500. The maximum Gasteiger partial charge on any atom is 0.303 e. The molecule has 9 heteroatoms. The van der Waals surface area contributed by atoms with Gasteiger partial charge in [0.05, 0.1) is 30.2 Å². The summed E-state index contributed by atoms with van der Waals surface area (Å²) in [5.41, 5.74) is 1.36. The van der Waals surface area contributed by atoms with Crippen molar-refractivity contribution in [1.29, 1.82) is 0 Å². The Morgan fingerprint density at radius 1 is 1.34 bits per heavy atom. The first-order valence-electron chi connectivity index (χ1n) is 12.0. The molecule has 0 saturated carbocycles. The van der Waals surface area contributed by atoms with E-state index >= 15 is 4.39 Å². The molecule has 0 radical (unpaired) electrons. The van der Waals surface area contributed by atoms with Crippen LogP contribution in [0.2, 0.25) is 0 Å². The maximum atomic E-state index is 15.5. The lowest BCUT2D eigenvalue weighted by Crippen LogP contribution is -2.42. The largest absolute Gasteiger partial charge is 0.497 e. The van der Waals surface area contributed by atoms with Crippen LogP contribution in [0, 0.1) is 11.8 Å². The van der Waals surface area contributed by atoms with E-state index < -0.39 is 12.1 Å². The fourth-order valence-electron chi connectivity index (χ4n) is 5.02. The number of carboxylic acids is 1. The van der Waals surface area contributed by atoms with Gasteiger partial charge in [-0.1, -0.05) is 0 Å². The predicted octanol–water partition coefficient (Wildman–Crippen LogP) is 4.97. The number of pyridine rings is 1. The third-order valence-electron chi connectivity index (χ3n) is 6.95. The smallest absolute Gasteiger partial charge is 0.303 e. The van der Waals surface area contributed by atoms with Gasteiger partial charge in [0, 0.05) is 43.9 Å². The molecule has 7 nitrogen and oxygen atoms in total. The summed E-state index contributed by atoms with van der Waals surface area (Å²) in [4.78, 5) is 22.4. The summed E-state index contributed by atoms with van der Waals surface area (Å²) in [5.74, 6) is 1.05. The number of alkyl halides is 1. The summed E-state index contributed by atoms with van der Waals surface area (Å²) in [6.07, 6.45) is 6.23. The highest BCUT2D eigenvalue weighted by molar-refractivity contribution is 7.99. The van der Waals surface area contributed by atoms with Crippen LogP contribution in [0.25, 0.3) is 10.9 Å². The van der Waals surface area contributed by atoms with E-state index in [-0.39, 0.29) is 18.3 Å². The van der Waals surface area contributed by atoms with Gasteiger partial charge in [0.1, 0.15) is 11.9 Å². The van der Waals surface area contributed by atoms with Gasteiger partial charge in [-0.3, -0.25) is 9.78 Å². The Morgan fingerprint density at radius 2 is 2.20 bits per heavy atom. The number of carboxylic acid groups (broad SMARTS) is 1. The first-order valence-corrected chi connectivity index (χ1v) is 13.0. The molecule has 0 spiro atoms. The minimum Gasteiger partial charge on any atom is -0.497 e. The van der Waals surface area contributed by atoms with Gasteiger partial charge < -0.3 is 19.3 Å². The maximum absolute atomic E-state index is 15.5. The van der Waals surface area contributed by atoms with Gasteiger partial charge in [0.25, 0.3) is 0 Å². The van der Waals surface area contributed by atoms with Gasteiger partial charge in [-0.15, -0.1) is 11.8 Å². The molecule has 0 bridgehead atoms. The van der Waals surface area contributed by atoms with Crippen molar-refractivity contribution in [2.75, 3.05) is 32.5 Å². The van der Waals surface area contributed by atoms with Crippen LogP contribution in [0.15, 0.2) is 48.0 Å². The van der Waals surface area contributed by atoms with Crippen molar-refractivity contribution < 1.29 is 19.0 Å². The van der Waals surface area contributed by atoms with Crippen LogP contribution in [0.4, 0.5) is 4.39 Å². The summed E-state index contributed by atoms with van der Waals surface area (Å²) in [5, 5.41) is 11.4. The van der Waals surface area contributed by atoms with Gasteiger partial charge in [-0.25, -0.2) is 9.37 Å². The van der Waals surface area contributed by atoms with Crippen LogP contribution < -0.4 is 4.74 Å². The first kappa shape index (κ1) is 25.4. The Balaban J connectivity index is 1.35. The molecule has 3 heterocycles. The number of aliphatic carboxylic acids is 1. The zero-order valence-electron chi connectivity index (χ0n) is 20.3. The predicted molar refractivity (Wildman–Crippen MR) is 136 cm³/mol. The Bertz CT molecular complexity index is 1140. The number of thioether (sulfide) groups is 1. The van der Waals surface area contributed by atoms with Crippen LogP contribution in [0.5, 0.6) is 5.75 Å². The molecule has 0 unspecified atom stereocenters. The summed E-state index contributed by atoms with van der Waals surface area (Å²) < 4.78 is 22.8. The van der Waals surface area contributed by atoms with E-state index in [1.807, 2.05) is 36.0 Å². The van der Waals surface area contributed by atoms with Gasteiger partial charge in [0.15, 0.2) is 0 Å². The van der Waals surface area contributed by atoms with Crippen molar-refractivity contribution in [3.05, 3.63) is 48.5 Å². The number of benzene rings is 1. The fourth-order valence-corrected chi connectivity index (χ4v) is 5.97. The lowest BCUT2D eigenvalue weighted by molar-refractivity contribution is -0.139. The Morgan fingerprint density at radius 3 is 2.94 bits per heavy atom. The van der Waals surface area contributed by atoms with E-state index in [9.17, 15) is 9.90 Å². The van der Waals surface area contributed by atoms with Gasteiger partial charge in [-0.2, -0.15) is 0 Å². The number of hydrogen-bond acceptors (Lipinski definition) is 6. The number of aryl methyl sites for hydroxylation is 1. The highest BCUT2D eigenvalue weighted by atomic mass is 32.2. The first-order chi connectivity index (χ1) is 16.9. The van der Waals surface area contributed by atoms with Crippen molar-refractivity contribution in [1.82, 2.24) is 19.4 Å². The standard InChI is InChI=1S/C26H33FN4O3S/c1-30-17-28-15-25(30)35-12-11-31-10-8-18(19(16-31)13-26(32)33)3-5-23(27)21-7-9-29-24-6-4-20(34-2)14-22(21)24/h4,6-7,9,14-15,17-19,23H,3,5,8,10-13,16H2,1-2H3,(H,32,33)/t18-,19+,23+/m1/s1. The Hall–Kier alpha value is -2.65. The number of nitrogens with zero attached hydrogens (tertiary/aromatic N) is 4. The number of methoxy groups -OCH3 is 1. The van der Waals surface area contributed by atoms with E-state index in [1.165, 1.54) is 0 Å². The van der Waals surface area contributed by atoms with Crippen LogP contribution >= 0.6 is 11.8 Å². The molecule has 2 aromatic heterocycles. The molecule has 1 fully saturated rings. The third-order valence-corrected chi connectivity index (χ3v) is 8.03. The number of imidazole rings is 1. The molecule has 1 N–H and O–H groups in total. The molecular formula is C26H33FN4O3S. The highest BCUT2D eigenvalue weighted by Crippen LogP contribution is 2.36. The van der Waals surface area contributed by atoms with Crippen molar-refractivity contribution in [3.8, 4) is 5.75 Å². The van der Waals surface area contributed by atoms with Crippen molar-refractivity contribution in [3.63, 3.8) is 0 Å². The monoisotopic (exact) mass is 500 g/mol. The third kappa shape index (κ3) is 6.52. The molecule has 3 atom stereocenters. The summed E-state index contributed by atoms with van der Waals surface area (Å²) in [6, 6.07) is 7.24. The number of halogens is 1. The second-order valence-corrected chi connectivity index (χ2v) is 10.3. The average Bonchev–Trinajstić information content (AvgIpc) is 3.26. The molecule has 3 aromatic rings. The summed E-state index contributed by atoms with van der Waals surface area (Å²) in [7, 11) is 3.57. The van der Waals surface area contributed by atoms with E-state index in [4.69, 9.17) is 4.74 Å². The van der Waals surface area contributed by atoms with Crippen LogP contribution in [0.1, 0.15) is 37.4 Å². The minimum atomic E-state index is -1.13. The molecule has 1 aromatic carbocycles. The summed E-state index contributed by atoms with van der Waals surface area (Å²) >= 11 is 1.76. The van der Waals surface area contributed by atoms with E-state index in [1.54, 1.807) is 37.5 Å². The van der Waals surface area contributed by atoms with Crippen molar-refractivity contribution in [2.45, 2.75) is 36.9 Å². The molecule has 0 amide bonds. The van der Waals surface area contributed by atoms with Gasteiger partial charge in [0.2, 0.25) is 0 Å². The van der Waals surface area contributed by atoms with Gasteiger partial charge >= 0.3 is 5.97 Å². The number of likely N-dealkylation sites (tertiary alicyclic amines) is 1. The lowest BCUT2D eigenvalue weighted by atomic mass is 9.79. The molecule has 4 rings (SSSR count). The second-order valence-electron chi connectivity index (χ2n) is 9.23. The molecule has 35 heavy (non-hydrogen) atoms. The Kier molecular flexibility index (Phi) is 8.62. The normalized spacial score (nSPS) is 19.6. The number of fused-ring (bicyclic) bond motifs is 1. The topological polar surface area (TPSA) is 80.5 Å². The van der Waals surface area contributed by atoms with Gasteiger partial charge in [-0.05, 0) is 67.5 Å². The van der Waals surface area contributed by atoms with Crippen molar-refractivity contribution in [2.24, 2.45) is 18.9 Å². The average molecular weight is 501 g/mol. The lowest BCUT2D eigenvalue weighted by Gasteiger charge is -2.38. The highest BCUT2D eigenvalue weighted by Gasteiger charge is 2.31. The van der Waals surface area contributed by atoms with E-state index in [2.05, 4.69) is 14.9 Å². The van der Waals surface area contributed by atoms with E-state index in [0.717, 1.165) is 47.7 Å². The zero-order valence-corrected chi connectivity index (χ0v) is 21.1. The van der Waals surface area contributed by atoms with Crippen LogP contribution in [-0.4, -0.2) is 63.0 Å². The number of piperidine rings is 1. The number of ether oxygens (including phenoxy) is 1. The Labute approximate surface area is 209 Å². The summed E-state index contributed by atoms with van der Waals surface area (Å²) in [6.45, 7) is 2.56. The van der Waals surface area contributed by atoms with E-state index in [0.29, 0.717) is 24.2 Å². The second kappa shape index (κ2) is 11.9.